The third-order valence-electron chi connectivity index (χ3n) is 2.23. The zero-order valence-corrected chi connectivity index (χ0v) is 10.3. The maximum atomic E-state index is 11.6. The van der Waals surface area contributed by atoms with E-state index in [1.807, 2.05) is 18.4 Å². The molecule has 0 heterocycles. The van der Waals surface area contributed by atoms with Crippen LogP contribution >= 0.6 is 11.8 Å². The average Bonchev–Trinajstić information content (AvgIpc) is 2.28. The van der Waals surface area contributed by atoms with E-state index in [2.05, 4.69) is 0 Å². The maximum absolute atomic E-state index is 11.6. The predicted octanol–water partition coefficient (Wildman–Crippen LogP) is 2.23. The molecule has 1 rings (SSSR count). The quantitative estimate of drug-likeness (QED) is 0.802. The van der Waals surface area contributed by atoms with Crippen LogP contribution < -0.4 is 0 Å². The first-order valence-corrected chi connectivity index (χ1v) is 6.44. The fourth-order valence-electron chi connectivity index (χ4n) is 1.38. The molecule has 88 valence electrons. The standard InChI is InChI=1S/C12H16O3S/c1-3-15-12(14)11(16-2)8-9-6-4-5-7-10(9)13/h4-7,11,13H,3,8H2,1-2H3. The van der Waals surface area contributed by atoms with Gasteiger partial charge in [-0.2, -0.15) is 0 Å². The van der Waals surface area contributed by atoms with Gasteiger partial charge in [-0.3, -0.25) is 4.79 Å². The summed E-state index contributed by atoms with van der Waals surface area (Å²) in [7, 11) is 0. The molecule has 0 fully saturated rings. The summed E-state index contributed by atoms with van der Waals surface area (Å²) >= 11 is 1.44. The van der Waals surface area contributed by atoms with Crippen LogP contribution in [0.25, 0.3) is 0 Å². The van der Waals surface area contributed by atoms with Gasteiger partial charge < -0.3 is 9.84 Å². The highest BCUT2D eigenvalue weighted by molar-refractivity contribution is 7.99. The highest BCUT2D eigenvalue weighted by Gasteiger charge is 2.20. The zero-order chi connectivity index (χ0) is 12.0. The minimum Gasteiger partial charge on any atom is -0.508 e. The van der Waals surface area contributed by atoms with Crippen LogP contribution in [0.1, 0.15) is 12.5 Å². The third kappa shape index (κ3) is 3.45. The summed E-state index contributed by atoms with van der Waals surface area (Å²) in [4.78, 5) is 11.6. The van der Waals surface area contributed by atoms with Crippen LogP contribution in [-0.2, 0) is 16.0 Å². The number of esters is 1. The fourth-order valence-corrected chi connectivity index (χ4v) is 1.99. The summed E-state index contributed by atoms with van der Waals surface area (Å²) in [6, 6.07) is 7.05. The summed E-state index contributed by atoms with van der Waals surface area (Å²) in [5.41, 5.74) is 0.773. The van der Waals surface area contributed by atoms with Crippen molar-refractivity contribution in [3.05, 3.63) is 29.8 Å². The van der Waals surface area contributed by atoms with Crippen molar-refractivity contribution in [2.75, 3.05) is 12.9 Å². The molecular weight excluding hydrogens is 224 g/mol. The number of carbonyl (C=O) groups excluding carboxylic acids is 1. The molecule has 0 aliphatic rings. The van der Waals surface area contributed by atoms with Gasteiger partial charge in [0, 0.05) is 0 Å². The van der Waals surface area contributed by atoms with Gasteiger partial charge in [0.05, 0.1) is 6.61 Å². The lowest BCUT2D eigenvalue weighted by atomic mass is 10.1. The molecule has 0 saturated heterocycles. The summed E-state index contributed by atoms with van der Waals surface area (Å²) in [6.45, 7) is 2.17. The van der Waals surface area contributed by atoms with Crippen molar-refractivity contribution >= 4 is 17.7 Å². The van der Waals surface area contributed by atoms with Gasteiger partial charge in [-0.05, 0) is 31.2 Å². The van der Waals surface area contributed by atoms with Gasteiger partial charge >= 0.3 is 5.97 Å². The molecule has 0 aliphatic heterocycles. The first-order valence-electron chi connectivity index (χ1n) is 5.15. The molecule has 0 saturated carbocycles. The normalized spacial score (nSPS) is 12.1. The van der Waals surface area contributed by atoms with Gasteiger partial charge in [0.1, 0.15) is 11.0 Å². The van der Waals surface area contributed by atoms with E-state index in [1.165, 1.54) is 11.8 Å². The van der Waals surface area contributed by atoms with Crippen LogP contribution in [0.3, 0.4) is 0 Å². The van der Waals surface area contributed by atoms with Gasteiger partial charge in [0.2, 0.25) is 0 Å². The Morgan fingerprint density at radius 2 is 2.19 bits per heavy atom. The Hall–Kier alpha value is -1.16. The van der Waals surface area contributed by atoms with E-state index in [9.17, 15) is 9.90 Å². The van der Waals surface area contributed by atoms with E-state index in [0.29, 0.717) is 13.0 Å². The third-order valence-corrected chi connectivity index (χ3v) is 3.16. The summed E-state index contributed by atoms with van der Waals surface area (Å²) in [5, 5.41) is 9.35. The Morgan fingerprint density at radius 1 is 1.50 bits per heavy atom. The van der Waals surface area contributed by atoms with Crippen molar-refractivity contribution in [1.29, 1.82) is 0 Å². The highest BCUT2D eigenvalue weighted by atomic mass is 32.2. The lowest BCUT2D eigenvalue weighted by Crippen LogP contribution is -2.22. The van der Waals surface area contributed by atoms with Crippen molar-refractivity contribution in [3.8, 4) is 5.75 Å². The second kappa shape index (κ2) is 6.43. The molecule has 4 heteroatoms. The number of aromatic hydroxyl groups is 1. The molecular formula is C12H16O3S. The Kier molecular flexibility index (Phi) is 5.19. The number of carbonyl (C=O) groups is 1. The molecule has 0 aliphatic carbocycles. The summed E-state index contributed by atoms with van der Waals surface area (Å²) in [5.74, 6) is 0.00380. The van der Waals surface area contributed by atoms with Crippen molar-refractivity contribution in [2.24, 2.45) is 0 Å². The number of para-hydroxylation sites is 1. The number of phenols is 1. The number of hydrogen-bond donors (Lipinski definition) is 1. The number of ether oxygens (including phenoxy) is 1. The Balaban J connectivity index is 2.70. The number of hydrogen-bond acceptors (Lipinski definition) is 4. The predicted molar refractivity (Wildman–Crippen MR) is 65.7 cm³/mol. The Bertz CT molecular complexity index is 352. The van der Waals surface area contributed by atoms with E-state index in [1.54, 1.807) is 19.1 Å². The average molecular weight is 240 g/mol. The van der Waals surface area contributed by atoms with Crippen molar-refractivity contribution in [2.45, 2.75) is 18.6 Å². The summed E-state index contributed by atoms with van der Waals surface area (Å²) in [6.07, 6.45) is 2.36. The minimum atomic E-state index is -0.256. The molecule has 1 aromatic rings. The highest BCUT2D eigenvalue weighted by Crippen LogP contribution is 2.22. The van der Waals surface area contributed by atoms with E-state index < -0.39 is 0 Å². The van der Waals surface area contributed by atoms with E-state index in [-0.39, 0.29) is 17.0 Å². The monoisotopic (exact) mass is 240 g/mol. The molecule has 1 aromatic carbocycles. The van der Waals surface area contributed by atoms with Crippen molar-refractivity contribution < 1.29 is 14.6 Å². The lowest BCUT2D eigenvalue weighted by molar-refractivity contribution is -0.142. The van der Waals surface area contributed by atoms with Gasteiger partial charge in [0.15, 0.2) is 0 Å². The zero-order valence-electron chi connectivity index (χ0n) is 9.47. The van der Waals surface area contributed by atoms with E-state index in [0.717, 1.165) is 5.56 Å². The van der Waals surface area contributed by atoms with Crippen LogP contribution in [0.5, 0.6) is 5.75 Å². The molecule has 0 bridgehead atoms. The largest absolute Gasteiger partial charge is 0.508 e. The molecule has 0 spiro atoms. The molecule has 0 aromatic heterocycles. The SMILES string of the molecule is CCOC(=O)C(Cc1ccccc1O)SC. The van der Waals surface area contributed by atoms with Gasteiger partial charge in [-0.15, -0.1) is 11.8 Å². The number of phenolic OH excluding ortho intramolecular Hbond substituents is 1. The van der Waals surface area contributed by atoms with Crippen LogP contribution in [0.4, 0.5) is 0 Å². The molecule has 3 nitrogen and oxygen atoms in total. The van der Waals surface area contributed by atoms with Gasteiger partial charge in [0.25, 0.3) is 0 Å². The molecule has 1 atom stereocenters. The Morgan fingerprint density at radius 3 is 2.75 bits per heavy atom. The Labute approximate surface area is 99.8 Å². The van der Waals surface area contributed by atoms with E-state index >= 15 is 0 Å². The molecule has 1 unspecified atom stereocenters. The molecule has 1 N–H and O–H groups in total. The maximum Gasteiger partial charge on any atom is 0.319 e. The number of thioether (sulfide) groups is 1. The molecule has 0 amide bonds. The lowest BCUT2D eigenvalue weighted by Gasteiger charge is -2.13. The van der Waals surface area contributed by atoms with Crippen LogP contribution in [0, 0.1) is 0 Å². The van der Waals surface area contributed by atoms with Gasteiger partial charge in [-0.25, -0.2) is 0 Å². The smallest absolute Gasteiger partial charge is 0.319 e. The fraction of sp³-hybridized carbons (Fsp3) is 0.417. The second-order valence-corrected chi connectivity index (χ2v) is 4.35. The number of rotatable bonds is 5. The first kappa shape index (κ1) is 12.9. The number of benzene rings is 1. The van der Waals surface area contributed by atoms with Crippen molar-refractivity contribution in [3.63, 3.8) is 0 Å². The summed E-state index contributed by atoms with van der Waals surface area (Å²) < 4.78 is 4.97. The van der Waals surface area contributed by atoms with Crippen LogP contribution in [0.15, 0.2) is 24.3 Å². The van der Waals surface area contributed by atoms with Crippen LogP contribution in [-0.4, -0.2) is 29.2 Å². The van der Waals surface area contributed by atoms with Crippen molar-refractivity contribution in [1.82, 2.24) is 0 Å². The first-order chi connectivity index (χ1) is 7.69. The second-order valence-electron chi connectivity index (χ2n) is 3.31. The molecule has 0 radical (unpaired) electrons. The minimum absolute atomic E-state index is 0.224. The topological polar surface area (TPSA) is 46.5 Å². The van der Waals surface area contributed by atoms with Gasteiger partial charge in [-0.1, -0.05) is 18.2 Å². The van der Waals surface area contributed by atoms with E-state index in [4.69, 9.17) is 4.74 Å². The molecule has 16 heavy (non-hydrogen) atoms. The van der Waals surface area contributed by atoms with Crippen LogP contribution in [0.2, 0.25) is 0 Å².